The zero-order valence-electron chi connectivity index (χ0n) is 17.4. The molecule has 1 aliphatic heterocycles. The molecule has 0 bridgehead atoms. The lowest BCUT2D eigenvalue weighted by atomic mass is 9.96. The Labute approximate surface area is 178 Å². The van der Waals surface area contributed by atoms with Crippen molar-refractivity contribution in [3.05, 3.63) is 54.2 Å². The van der Waals surface area contributed by atoms with E-state index in [9.17, 15) is 9.18 Å². The molecule has 0 saturated heterocycles. The van der Waals surface area contributed by atoms with Crippen LogP contribution in [-0.2, 0) is 17.8 Å². The third-order valence-electron chi connectivity index (χ3n) is 5.79. The number of ether oxygens (including phenoxy) is 1. The summed E-state index contributed by atoms with van der Waals surface area (Å²) in [6.07, 6.45) is 3.65. The molecule has 8 heteroatoms. The largest absolute Gasteiger partial charge is 0.496 e. The number of hydrogen-bond donors (Lipinski definition) is 0. The van der Waals surface area contributed by atoms with Crippen LogP contribution >= 0.6 is 0 Å². The first-order valence-electron chi connectivity index (χ1n) is 9.96. The van der Waals surface area contributed by atoms with Gasteiger partial charge in [-0.25, -0.2) is 9.37 Å². The molecule has 2 aromatic carbocycles. The number of fused-ring (bicyclic) bond motifs is 2. The maximum Gasteiger partial charge on any atom is 0.231 e. The molecule has 4 aromatic rings. The normalized spacial score (nSPS) is 13.2. The van der Waals surface area contributed by atoms with Gasteiger partial charge in [-0.1, -0.05) is 6.07 Å². The summed E-state index contributed by atoms with van der Waals surface area (Å²) >= 11 is 0. The number of hydrogen-bond acceptors (Lipinski definition) is 5. The van der Waals surface area contributed by atoms with Crippen molar-refractivity contribution in [1.29, 1.82) is 0 Å². The van der Waals surface area contributed by atoms with Crippen molar-refractivity contribution >= 4 is 22.8 Å². The average molecular weight is 417 g/mol. The molecule has 0 spiro atoms. The molecule has 0 saturated carbocycles. The van der Waals surface area contributed by atoms with Gasteiger partial charge in [0.1, 0.15) is 17.1 Å². The van der Waals surface area contributed by atoms with Crippen LogP contribution in [0.5, 0.6) is 5.75 Å². The number of anilines is 1. The van der Waals surface area contributed by atoms with Gasteiger partial charge in [0.2, 0.25) is 5.91 Å². The van der Waals surface area contributed by atoms with Crippen molar-refractivity contribution in [2.75, 3.05) is 19.1 Å². The number of carbonyl (C=O) groups excluding carboxylic acids is 1. The Bertz CT molecular complexity index is 1350. The van der Waals surface area contributed by atoms with E-state index in [0.29, 0.717) is 28.0 Å². The lowest BCUT2D eigenvalue weighted by Gasteiger charge is -2.16. The van der Waals surface area contributed by atoms with Gasteiger partial charge in [-0.15, -0.1) is 5.10 Å². The Morgan fingerprint density at radius 3 is 2.77 bits per heavy atom. The summed E-state index contributed by atoms with van der Waals surface area (Å²) in [6, 6.07) is 8.53. The van der Waals surface area contributed by atoms with Gasteiger partial charge in [-0.05, 0) is 36.2 Å². The number of methoxy groups -OCH3 is 1. The van der Waals surface area contributed by atoms with Crippen molar-refractivity contribution in [1.82, 2.24) is 19.7 Å². The van der Waals surface area contributed by atoms with Crippen LogP contribution in [0.25, 0.3) is 33.4 Å². The second-order valence-electron chi connectivity index (χ2n) is 7.47. The fraction of sp³-hybridized carbons (Fsp3) is 0.217. The van der Waals surface area contributed by atoms with Crippen molar-refractivity contribution < 1.29 is 13.9 Å². The topological polar surface area (TPSA) is 73.1 Å². The fourth-order valence-electron chi connectivity index (χ4n) is 4.08. The molecule has 1 amide bonds. The second-order valence-corrected chi connectivity index (χ2v) is 7.47. The third kappa shape index (κ3) is 2.94. The van der Waals surface area contributed by atoms with E-state index >= 15 is 0 Å². The van der Waals surface area contributed by atoms with Crippen LogP contribution in [-0.4, -0.2) is 39.8 Å². The maximum atomic E-state index is 15.0. The van der Waals surface area contributed by atoms with Gasteiger partial charge >= 0.3 is 0 Å². The minimum absolute atomic E-state index is 0.000174. The van der Waals surface area contributed by atoms with Crippen LogP contribution in [0, 0.1) is 5.82 Å². The summed E-state index contributed by atoms with van der Waals surface area (Å²) in [7, 11) is 3.27. The van der Waals surface area contributed by atoms with Gasteiger partial charge in [0, 0.05) is 36.3 Å². The number of aryl methyl sites for hydroxylation is 1. The first-order valence-corrected chi connectivity index (χ1v) is 9.96. The number of nitrogens with zero attached hydrogens (tertiary/aromatic N) is 5. The molecule has 0 fully saturated rings. The summed E-state index contributed by atoms with van der Waals surface area (Å²) in [4.78, 5) is 18.2. The Balaban J connectivity index is 1.69. The van der Waals surface area contributed by atoms with Gasteiger partial charge in [0.25, 0.3) is 0 Å². The number of benzene rings is 2. The van der Waals surface area contributed by atoms with Crippen molar-refractivity contribution in [3.8, 4) is 28.0 Å². The standard InChI is InChI=1S/C23H20FN5O2/c1-4-29-12-25-22-17(11-26-27-23(22)29)13-5-6-18(24)15(7-13)16-8-14-9-21(30)28(2)19(14)10-20(16)31-3/h5-8,10-12H,4,9H2,1-3H3. The van der Waals surface area contributed by atoms with E-state index in [1.165, 1.54) is 13.2 Å². The second kappa shape index (κ2) is 7.16. The minimum atomic E-state index is -0.378. The summed E-state index contributed by atoms with van der Waals surface area (Å²) in [5.74, 6) is 0.127. The van der Waals surface area contributed by atoms with Crippen molar-refractivity contribution in [3.63, 3.8) is 0 Å². The van der Waals surface area contributed by atoms with Crippen LogP contribution in [0.4, 0.5) is 10.1 Å². The molecule has 0 atom stereocenters. The van der Waals surface area contributed by atoms with E-state index in [0.717, 1.165) is 28.9 Å². The summed E-state index contributed by atoms with van der Waals surface area (Å²) < 4.78 is 22.4. The Morgan fingerprint density at radius 1 is 1.16 bits per heavy atom. The zero-order chi connectivity index (χ0) is 21.7. The highest BCUT2D eigenvalue weighted by Crippen LogP contribution is 2.41. The molecule has 0 N–H and O–H groups in total. The molecule has 0 radical (unpaired) electrons. The molecule has 5 rings (SSSR count). The molecule has 7 nitrogen and oxygen atoms in total. The van der Waals surface area contributed by atoms with Gasteiger partial charge in [0.05, 0.1) is 31.7 Å². The number of carbonyl (C=O) groups is 1. The predicted molar refractivity (Wildman–Crippen MR) is 115 cm³/mol. The first kappa shape index (κ1) is 19.2. The monoisotopic (exact) mass is 417 g/mol. The number of rotatable bonds is 4. The number of likely N-dealkylation sites (N-methyl/N-ethyl adjacent to an activating group) is 1. The lowest BCUT2D eigenvalue weighted by Crippen LogP contribution is -2.20. The minimum Gasteiger partial charge on any atom is -0.496 e. The van der Waals surface area contributed by atoms with Gasteiger partial charge in [0.15, 0.2) is 5.65 Å². The highest BCUT2D eigenvalue weighted by Gasteiger charge is 2.27. The van der Waals surface area contributed by atoms with Gasteiger partial charge in [-0.2, -0.15) is 5.10 Å². The summed E-state index contributed by atoms with van der Waals surface area (Å²) in [5.41, 5.74) is 5.56. The van der Waals surface area contributed by atoms with E-state index in [2.05, 4.69) is 15.2 Å². The van der Waals surface area contributed by atoms with Crippen molar-refractivity contribution in [2.24, 2.45) is 0 Å². The summed E-state index contributed by atoms with van der Waals surface area (Å²) in [6.45, 7) is 2.73. The van der Waals surface area contributed by atoms with Crippen LogP contribution in [0.1, 0.15) is 12.5 Å². The number of halogens is 1. The van der Waals surface area contributed by atoms with Crippen LogP contribution in [0.15, 0.2) is 42.9 Å². The van der Waals surface area contributed by atoms with Crippen LogP contribution in [0.3, 0.4) is 0 Å². The highest BCUT2D eigenvalue weighted by molar-refractivity contribution is 6.02. The molecule has 1 aliphatic rings. The molecule has 31 heavy (non-hydrogen) atoms. The molecule has 156 valence electrons. The highest BCUT2D eigenvalue weighted by atomic mass is 19.1. The maximum absolute atomic E-state index is 15.0. The van der Waals surface area contributed by atoms with E-state index in [4.69, 9.17) is 4.74 Å². The molecular weight excluding hydrogens is 397 g/mol. The quantitative estimate of drug-likeness (QED) is 0.504. The molecular formula is C23H20FN5O2. The summed E-state index contributed by atoms with van der Waals surface area (Å²) in [5, 5.41) is 8.32. The smallest absolute Gasteiger partial charge is 0.231 e. The van der Waals surface area contributed by atoms with E-state index in [-0.39, 0.29) is 18.1 Å². The Kier molecular flexibility index (Phi) is 4.43. The third-order valence-corrected chi connectivity index (χ3v) is 5.79. The first-order chi connectivity index (χ1) is 15.0. The Morgan fingerprint density at radius 2 is 2.00 bits per heavy atom. The molecule has 0 aliphatic carbocycles. The SMILES string of the molecule is CCn1cnc2c(-c3ccc(F)c(-c4cc5c(cc4OC)N(C)C(=O)C5)c3)cnnc21. The number of amides is 1. The lowest BCUT2D eigenvalue weighted by molar-refractivity contribution is -0.117. The number of imidazole rings is 1. The molecule has 2 aromatic heterocycles. The van der Waals surface area contributed by atoms with Gasteiger partial charge in [-0.3, -0.25) is 4.79 Å². The van der Waals surface area contributed by atoms with Crippen LogP contribution in [0.2, 0.25) is 0 Å². The van der Waals surface area contributed by atoms with E-state index < -0.39 is 0 Å². The van der Waals surface area contributed by atoms with E-state index in [1.807, 2.05) is 17.6 Å². The van der Waals surface area contributed by atoms with Gasteiger partial charge < -0.3 is 14.2 Å². The van der Waals surface area contributed by atoms with Crippen LogP contribution < -0.4 is 9.64 Å². The fourth-order valence-corrected chi connectivity index (χ4v) is 4.08. The predicted octanol–water partition coefficient (Wildman–Crippen LogP) is 3.85. The van der Waals surface area contributed by atoms with E-state index in [1.54, 1.807) is 42.7 Å². The zero-order valence-corrected chi connectivity index (χ0v) is 17.4. The molecule has 0 unspecified atom stereocenters. The number of aromatic nitrogens is 4. The Hall–Kier alpha value is -3.81. The molecule has 3 heterocycles. The average Bonchev–Trinajstić information content (AvgIpc) is 3.33. The van der Waals surface area contributed by atoms with Crippen molar-refractivity contribution in [2.45, 2.75) is 19.9 Å².